The first-order valence-corrected chi connectivity index (χ1v) is 15.5. The van der Waals surface area contributed by atoms with Crippen LogP contribution in [0.3, 0.4) is 0 Å². The van der Waals surface area contributed by atoms with Gasteiger partial charge in [-0.05, 0) is 35.2 Å². The quantitative estimate of drug-likeness (QED) is 0.471. The van der Waals surface area contributed by atoms with Crippen molar-refractivity contribution in [2.24, 2.45) is 0 Å². The summed E-state index contributed by atoms with van der Waals surface area (Å²) in [7, 11) is -5.92. The zero-order valence-electron chi connectivity index (χ0n) is 20.4. The summed E-state index contributed by atoms with van der Waals surface area (Å²) in [4.78, 5) is 0. The van der Waals surface area contributed by atoms with Crippen LogP contribution in [0.15, 0.2) is 60.7 Å². The third kappa shape index (κ3) is 5.69. The van der Waals surface area contributed by atoms with Crippen LogP contribution in [-0.2, 0) is 20.1 Å². The van der Waals surface area contributed by atoms with E-state index >= 15 is 0 Å². The van der Waals surface area contributed by atoms with Gasteiger partial charge in [0.1, 0.15) is 5.60 Å². The van der Waals surface area contributed by atoms with Crippen molar-refractivity contribution in [3.63, 3.8) is 0 Å². The van der Waals surface area contributed by atoms with E-state index in [9.17, 15) is 13.5 Å². The van der Waals surface area contributed by atoms with Crippen molar-refractivity contribution in [1.82, 2.24) is 4.72 Å². The van der Waals surface area contributed by atoms with E-state index in [1.54, 1.807) is 0 Å². The normalized spacial score (nSPS) is 15.4. The number of benzene rings is 2. The Kier molecular flexibility index (Phi) is 8.50. The SMILES string of the molecule is CC[Si](CC)(OC(C)C(NS(C)(=O)=O)C(O)(c1ccccc1)c1ccccc1)C(C)(C)C. The van der Waals surface area contributed by atoms with Crippen LogP contribution < -0.4 is 4.72 Å². The lowest BCUT2D eigenvalue weighted by Gasteiger charge is -2.47. The summed E-state index contributed by atoms with van der Waals surface area (Å²) in [6.07, 6.45) is 0.554. The summed E-state index contributed by atoms with van der Waals surface area (Å²) >= 11 is 0. The molecule has 32 heavy (non-hydrogen) atoms. The molecule has 5 nitrogen and oxygen atoms in total. The van der Waals surface area contributed by atoms with Gasteiger partial charge in [-0.15, -0.1) is 0 Å². The minimum absolute atomic E-state index is 0.0436. The second-order valence-electron chi connectivity index (χ2n) is 9.64. The maximum absolute atomic E-state index is 12.5. The standard InChI is InChI=1S/C25H39NO4SSi/c1-8-32(9-2,24(4,5)6)30-20(3)23(26-31(7,28)29)25(27,21-16-12-10-13-17-21)22-18-14-11-15-19-22/h10-20,23,26-27H,8-9H2,1-7H3. The summed E-state index contributed by atoms with van der Waals surface area (Å²) < 4.78 is 34.6. The Morgan fingerprint density at radius 2 is 1.34 bits per heavy atom. The Hall–Kier alpha value is -1.51. The van der Waals surface area contributed by atoms with Crippen LogP contribution in [0.2, 0.25) is 17.1 Å². The van der Waals surface area contributed by atoms with E-state index in [1.165, 1.54) is 0 Å². The number of nitrogens with one attached hydrogen (secondary N) is 1. The van der Waals surface area contributed by atoms with Gasteiger partial charge in [-0.25, -0.2) is 13.1 Å². The van der Waals surface area contributed by atoms with Gasteiger partial charge in [-0.2, -0.15) is 0 Å². The third-order valence-electron chi connectivity index (χ3n) is 6.61. The molecular formula is C25H39NO4SSi. The van der Waals surface area contributed by atoms with Gasteiger partial charge in [-0.1, -0.05) is 95.3 Å². The minimum atomic E-state index is -3.65. The highest BCUT2D eigenvalue weighted by molar-refractivity contribution is 7.88. The molecular weight excluding hydrogens is 438 g/mol. The molecule has 0 saturated carbocycles. The molecule has 0 aliphatic rings. The second-order valence-corrected chi connectivity index (χ2v) is 16.6. The molecule has 0 saturated heterocycles. The molecule has 0 fully saturated rings. The van der Waals surface area contributed by atoms with Crippen molar-refractivity contribution < 1.29 is 18.0 Å². The molecule has 2 aromatic carbocycles. The first-order chi connectivity index (χ1) is 14.8. The molecule has 178 valence electrons. The lowest BCUT2D eigenvalue weighted by Crippen LogP contribution is -2.60. The number of hydrogen-bond acceptors (Lipinski definition) is 4. The van der Waals surface area contributed by atoms with Crippen molar-refractivity contribution in [1.29, 1.82) is 0 Å². The molecule has 0 aliphatic carbocycles. The van der Waals surface area contributed by atoms with Crippen LogP contribution in [0.1, 0.15) is 52.7 Å². The fourth-order valence-electron chi connectivity index (χ4n) is 4.74. The van der Waals surface area contributed by atoms with Gasteiger partial charge in [0.05, 0.1) is 18.4 Å². The zero-order valence-corrected chi connectivity index (χ0v) is 22.2. The molecule has 0 radical (unpaired) electrons. The molecule has 2 unspecified atom stereocenters. The lowest BCUT2D eigenvalue weighted by molar-refractivity contribution is -0.00347. The summed E-state index contributed by atoms with van der Waals surface area (Å²) in [6.45, 7) is 12.7. The van der Waals surface area contributed by atoms with Gasteiger partial charge in [-0.3, -0.25) is 0 Å². The number of hydrogen-bond donors (Lipinski definition) is 2. The summed E-state index contributed by atoms with van der Waals surface area (Å²) in [5, 5.41) is 12.3. The Morgan fingerprint density at radius 3 is 1.66 bits per heavy atom. The molecule has 7 heteroatoms. The molecule has 2 atom stereocenters. The van der Waals surface area contributed by atoms with Gasteiger partial charge in [0.2, 0.25) is 10.0 Å². The molecule has 0 bridgehead atoms. The van der Waals surface area contributed by atoms with E-state index in [0.717, 1.165) is 18.3 Å². The van der Waals surface area contributed by atoms with E-state index in [2.05, 4.69) is 39.3 Å². The summed E-state index contributed by atoms with van der Waals surface area (Å²) in [5.41, 5.74) is -0.400. The molecule has 2 N–H and O–H groups in total. The second kappa shape index (κ2) is 10.2. The van der Waals surface area contributed by atoms with Crippen molar-refractivity contribution >= 4 is 18.3 Å². The van der Waals surface area contributed by atoms with Crippen LogP contribution in [0, 0.1) is 0 Å². The number of sulfonamides is 1. The smallest absolute Gasteiger partial charge is 0.209 e. The average molecular weight is 478 g/mol. The molecule has 0 aliphatic heterocycles. The number of rotatable bonds is 10. The Balaban J connectivity index is 2.70. The van der Waals surface area contributed by atoms with Crippen LogP contribution >= 0.6 is 0 Å². The molecule has 2 rings (SSSR count). The predicted molar refractivity (Wildman–Crippen MR) is 135 cm³/mol. The van der Waals surface area contributed by atoms with Crippen molar-refractivity contribution in [2.75, 3.05) is 6.26 Å². The maximum atomic E-state index is 12.5. The van der Waals surface area contributed by atoms with E-state index in [4.69, 9.17) is 4.43 Å². The van der Waals surface area contributed by atoms with Crippen molar-refractivity contribution in [3.05, 3.63) is 71.8 Å². The maximum Gasteiger partial charge on any atom is 0.209 e. The Bertz CT molecular complexity index is 915. The molecule has 0 heterocycles. The van der Waals surface area contributed by atoms with Gasteiger partial charge in [0.15, 0.2) is 8.32 Å². The largest absolute Gasteiger partial charge is 0.412 e. The van der Waals surface area contributed by atoms with E-state index < -0.39 is 36.1 Å². The molecule has 0 aromatic heterocycles. The first kappa shape index (κ1) is 26.7. The highest BCUT2D eigenvalue weighted by Crippen LogP contribution is 2.44. The average Bonchev–Trinajstić information content (AvgIpc) is 2.75. The van der Waals surface area contributed by atoms with Gasteiger partial charge >= 0.3 is 0 Å². The Labute approximate surface area is 195 Å². The first-order valence-electron chi connectivity index (χ1n) is 11.3. The highest BCUT2D eigenvalue weighted by Gasteiger charge is 2.50. The zero-order chi connectivity index (χ0) is 24.2. The van der Waals surface area contributed by atoms with Crippen LogP contribution in [-0.4, -0.2) is 40.2 Å². The third-order valence-corrected chi connectivity index (χ3v) is 13.1. The predicted octanol–water partition coefficient (Wildman–Crippen LogP) is 5.03. The van der Waals surface area contributed by atoms with Crippen molar-refractivity contribution in [3.8, 4) is 0 Å². The molecule has 0 spiro atoms. The highest BCUT2D eigenvalue weighted by atomic mass is 32.2. The molecule has 2 aromatic rings. The van der Waals surface area contributed by atoms with Crippen LogP contribution in [0.4, 0.5) is 0 Å². The van der Waals surface area contributed by atoms with Crippen molar-refractivity contribution in [2.45, 2.75) is 76.4 Å². The van der Waals surface area contributed by atoms with E-state index in [0.29, 0.717) is 11.1 Å². The Morgan fingerprint density at radius 1 is 0.938 bits per heavy atom. The van der Waals surface area contributed by atoms with Crippen LogP contribution in [0.25, 0.3) is 0 Å². The molecule has 0 amide bonds. The summed E-state index contributed by atoms with van der Waals surface area (Å²) in [6, 6.07) is 19.3. The van der Waals surface area contributed by atoms with Gasteiger partial charge < -0.3 is 9.53 Å². The summed E-state index contributed by atoms with van der Waals surface area (Å²) in [5.74, 6) is 0. The van der Waals surface area contributed by atoms with Gasteiger partial charge in [0.25, 0.3) is 0 Å². The minimum Gasteiger partial charge on any atom is -0.412 e. The van der Waals surface area contributed by atoms with Crippen LogP contribution in [0.5, 0.6) is 0 Å². The van der Waals surface area contributed by atoms with E-state index in [-0.39, 0.29) is 5.04 Å². The number of aliphatic hydroxyl groups is 1. The fraction of sp³-hybridized carbons (Fsp3) is 0.520. The fourth-order valence-corrected chi connectivity index (χ4v) is 9.72. The van der Waals surface area contributed by atoms with E-state index in [1.807, 2.05) is 67.6 Å². The topological polar surface area (TPSA) is 75.6 Å². The monoisotopic (exact) mass is 477 g/mol. The van der Waals surface area contributed by atoms with Gasteiger partial charge in [0, 0.05) is 0 Å². The lowest BCUT2D eigenvalue weighted by atomic mass is 9.78.